The summed E-state index contributed by atoms with van der Waals surface area (Å²) in [5.74, 6) is 0.385. The molecule has 3 aromatic rings. The third-order valence-corrected chi connectivity index (χ3v) is 7.80. The zero-order valence-corrected chi connectivity index (χ0v) is 20.5. The Labute approximate surface area is 201 Å². The average Bonchev–Trinajstić information content (AvgIpc) is 3.22. The molecule has 0 saturated carbocycles. The standard InChI is InChI=1S/C23H27ClN4O2S2/c1-2-3-10-28-22(30)18-6-4-5-7-19(18)25-23(28)31-16-21(29)27-13-11-26(12-14-27)15-17-8-9-20(24)32-17/h4-9H,2-3,10-16H2,1H3. The molecule has 4 rings (SSSR count). The fourth-order valence-electron chi connectivity index (χ4n) is 3.80. The normalized spacial score (nSPS) is 14.9. The first-order valence-electron chi connectivity index (χ1n) is 10.9. The average molecular weight is 491 g/mol. The first-order chi connectivity index (χ1) is 15.5. The van der Waals surface area contributed by atoms with Crippen LogP contribution in [-0.4, -0.2) is 57.2 Å². The topological polar surface area (TPSA) is 58.4 Å². The number of piperazine rings is 1. The molecule has 9 heteroatoms. The van der Waals surface area contributed by atoms with Gasteiger partial charge in [0.2, 0.25) is 5.91 Å². The number of hydrogen-bond acceptors (Lipinski definition) is 6. The van der Waals surface area contributed by atoms with Gasteiger partial charge in [0, 0.05) is 44.1 Å². The van der Waals surface area contributed by atoms with E-state index >= 15 is 0 Å². The number of benzene rings is 1. The second kappa shape index (κ2) is 10.8. The quantitative estimate of drug-likeness (QED) is 0.347. The monoisotopic (exact) mass is 490 g/mol. The van der Waals surface area contributed by atoms with Gasteiger partial charge in [0.15, 0.2) is 5.16 Å². The number of nitrogens with zero attached hydrogens (tertiary/aromatic N) is 4. The van der Waals surface area contributed by atoms with E-state index in [0.717, 1.165) is 36.8 Å². The Morgan fingerprint density at radius 2 is 1.94 bits per heavy atom. The molecule has 6 nitrogen and oxygen atoms in total. The van der Waals surface area contributed by atoms with Gasteiger partial charge in [0.05, 0.1) is 21.0 Å². The highest BCUT2D eigenvalue weighted by Gasteiger charge is 2.22. The summed E-state index contributed by atoms with van der Waals surface area (Å²) in [4.78, 5) is 36.1. The fourth-order valence-corrected chi connectivity index (χ4v) is 5.86. The fraction of sp³-hybridized carbons (Fsp3) is 0.435. The van der Waals surface area contributed by atoms with Crippen LogP contribution in [0.25, 0.3) is 10.9 Å². The lowest BCUT2D eigenvalue weighted by Crippen LogP contribution is -2.48. The van der Waals surface area contributed by atoms with E-state index in [4.69, 9.17) is 16.6 Å². The molecule has 1 amide bonds. The molecule has 0 spiro atoms. The van der Waals surface area contributed by atoms with Crippen LogP contribution in [0.1, 0.15) is 24.6 Å². The van der Waals surface area contributed by atoms with Crippen LogP contribution in [0.5, 0.6) is 0 Å². The molecular formula is C23H27ClN4O2S2. The third-order valence-electron chi connectivity index (χ3n) is 5.62. The van der Waals surface area contributed by atoms with Gasteiger partial charge in [-0.05, 0) is 30.7 Å². The Balaban J connectivity index is 1.38. The van der Waals surface area contributed by atoms with Crippen LogP contribution in [0, 0.1) is 0 Å². The molecule has 3 heterocycles. The minimum atomic E-state index is -0.0266. The number of halogens is 1. The smallest absolute Gasteiger partial charge is 0.262 e. The van der Waals surface area contributed by atoms with Crippen molar-refractivity contribution in [2.75, 3.05) is 31.9 Å². The first kappa shape index (κ1) is 23.3. The van der Waals surface area contributed by atoms with E-state index in [1.165, 1.54) is 16.6 Å². The van der Waals surface area contributed by atoms with Crippen molar-refractivity contribution in [2.24, 2.45) is 0 Å². The number of rotatable bonds is 8. The molecule has 0 radical (unpaired) electrons. The number of para-hydroxylation sites is 1. The number of carbonyl (C=O) groups excluding carboxylic acids is 1. The number of hydrogen-bond donors (Lipinski definition) is 0. The number of thioether (sulfide) groups is 1. The van der Waals surface area contributed by atoms with Gasteiger partial charge in [-0.1, -0.05) is 48.8 Å². The Morgan fingerprint density at radius 3 is 2.66 bits per heavy atom. The summed E-state index contributed by atoms with van der Waals surface area (Å²) in [7, 11) is 0. The van der Waals surface area contributed by atoms with E-state index in [1.807, 2.05) is 35.2 Å². The summed E-state index contributed by atoms with van der Waals surface area (Å²) in [6.45, 7) is 6.72. The lowest BCUT2D eigenvalue weighted by molar-refractivity contribution is -0.130. The summed E-state index contributed by atoms with van der Waals surface area (Å²) in [6.07, 6.45) is 1.89. The molecule has 1 saturated heterocycles. The van der Waals surface area contributed by atoms with Crippen molar-refractivity contribution < 1.29 is 4.79 Å². The maximum atomic E-state index is 13.0. The van der Waals surface area contributed by atoms with Gasteiger partial charge in [-0.15, -0.1) is 11.3 Å². The van der Waals surface area contributed by atoms with E-state index in [2.05, 4.69) is 17.9 Å². The number of aromatic nitrogens is 2. The molecule has 1 fully saturated rings. The minimum Gasteiger partial charge on any atom is -0.339 e. The molecule has 0 bridgehead atoms. The number of carbonyl (C=O) groups is 1. The molecule has 2 aromatic heterocycles. The highest BCUT2D eigenvalue weighted by atomic mass is 35.5. The van der Waals surface area contributed by atoms with Crippen LogP contribution in [0.3, 0.4) is 0 Å². The van der Waals surface area contributed by atoms with E-state index in [1.54, 1.807) is 15.9 Å². The van der Waals surface area contributed by atoms with Gasteiger partial charge in [-0.2, -0.15) is 0 Å². The molecule has 0 N–H and O–H groups in total. The van der Waals surface area contributed by atoms with Crippen molar-refractivity contribution in [3.8, 4) is 0 Å². The molecule has 1 aliphatic heterocycles. The number of thiophene rings is 1. The maximum Gasteiger partial charge on any atom is 0.262 e. The molecule has 0 aliphatic carbocycles. The van der Waals surface area contributed by atoms with E-state index in [0.29, 0.717) is 35.7 Å². The summed E-state index contributed by atoms with van der Waals surface area (Å²) in [5, 5.41) is 1.26. The first-order valence-corrected chi connectivity index (χ1v) is 13.1. The van der Waals surface area contributed by atoms with Gasteiger partial charge >= 0.3 is 0 Å². The van der Waals surface area contributed by atoms with Gasteiger partial charge in [0.25, 0.3) is 5.56 Å². The lowest BCUT2D eigenvalue weighted by Gasteiger charge is -2.34. The van der Waals surface area contributed by atoms with Gasteiger partial charge in [0.1, 0.15) is 0 Å². The van der Waals surface area contributed by atoms with Crippen molar-refractivity contribution in [1.82, 2.24) is 19.4 Å². The Hall–Kier alpha value is -1.87. The maximum absolute atomic E-state index is 13.0. The van der Waals surface area contributed by atoms with E-state index in [-0.39, 0.29) is 17.2 Å². The highest BCUT2D eigenvalue weighted by molar-refractivity contribution is 7.99. The van der Waals surface area contributed by atoms with Crippen molar-refractivity contribution in [3.05, 3.63) is 56.0 Å². The van der Waals surface area contributed by atoms with Gasteiger partial charge in [-0.25, -0.2) is 4.98 Å². The second-order valence-electron chi connectivity index (χ2n) is 7.87. The Morgan fingerprint density at radius 1 is 1.16 bits per heavy atom. The molecule has 0 atom stereocenters. The predicted molar refractivity (Wildman–Crippen MR) is 133 cm³/mol. The zero-order valence-electron chi connectivity index (χ0n) is 18.1. The SMILES string of the molecule is CCCCn1c(SCC(=O)N2CCN(Cc3ccc(Cl)s3)CC2)nc2ccccc2c1=O. The van der Waals surface area contributed by atoms with Gasteiger partial charge in [-0.3, -0.25) is 19.1 Å². The third kappa shape index (κ3) is 5.54. The highest BCUT2D eigenvalue weighted by Crippen LogP contribution is 2.23. The molecule has 0 unspecified atom stereocenters. The van der Waals surface area contributed by atoms with Crippen LogP contribution in [0.4, 0.5) is 0 Å². The summed E-state index contributed by atoms with van der Waals surface area (Å²) in [6, 6.07) is 11.4. The minimum absolute atomic E-state index is 0.0266. The van der Waals surface area contributed by atoms with Crippen LogP contribution in [0.15, 0.2) is 46.3 Å². The number of amides is 1. The number of fused-ring (bicyclic) bond motifs is 1. The van der Waals surface area contributed by atoms with Crippen LogP contribution >= 0.6 is 34.7 Å². The summed E-state index contributed by atoms with van der Waals surface area (Å²) in [5.41, 5.74) is 0.656. The van der Waals surface area contributed by atoms with Gasteiger partial charge < -0.3 is 4.90 Å². The van der Waals surface area contributed by atoms with E-state index < -0.39 is 0 Å². The van der Waals surface area contributed by atoms with Crippen LogP contribution < -0.4 is 5.56 Å². The molecule has 170 valence electrons. The van der Waals surface area contributed by atoms with Crippen LogP contribution in [-0.2, 0) is 17.9 Å². The Bertz CT molecular complexity index is 1140. The Kier molecular flexibility index (Phi) is 7.88. The largest absolute Gasteiger partial charge is 0.339 e. The second-order valence-corrected chi connectivity index (χ2v) is 10.6. The van der Waals surface area contributed by atoms with E-state index in [9.17, 15) is 9.59 Å². The molecule has 32 heavy (non-hydrogen) atoms. The zero-order chi connectivity index (χ0) is 22.5. The van der Waals surface area contributed by atoms with Crippen molar-refractivity contribution in [1.29, 1.82) is 0 Å². The van der Waals surface area contributed by atoms with Crippen LogP contribution in [0.2, 0.25) is 4.34 Å². The summed E-state index contributed by atoms with van der Waals surface area (Å²) < 4.78 is 2.54. The molecule has 1 aromatic carbocycles. The number of unbranched alkanes of at least 4 members (excludes halogenated alkanes) is 1. The predicted octanol–water partition coefficient (Wildman–Crippen LogP) is 4.35. The molecular weight excluding hydrogens is 464 g/mol. The molecule has 1 aliphatic rings. The van der Waals surface area contributed by atoms with Crippen molar-refractivity contribution >= 4 is 51.5 Å². The van der Waals surface area contributed by atoms with Crippen molar-refractivity contribution in [3.63, 3.8) is 0 Å². The summed E-state index contributed by atoms with van der Waals surface area (Å²) >= 11 is 9.00. The van der Waals surface area contributed by atoms with Crippen molar-refractivity contribution in [2.45, 2.75) is 38.0 Å². The lowest BCUT2D eigenvalue weighted by atomic mass is 10.2.